The van der Waals surface area contributed by atoms with Gasteiger partial charge in [-0.05, 0) is 31.0 Å². The molecule has 3 unspecified atom stereocenters. The van der Waals surface area contributed by atoms with Crippen molar-refractivity contribution in [1.29, 1.82) is 0 Å². The molecule has 0 aromatic heterocycles. The zero-order valence-electron chi connectivity index (χ0n) is 11.7. The molecule has 1 aromatic carbocycles. The second kappa shape index (κ2) is 5.42. The van der Waals surface area contributed by atoms with E-state index in [-0.39, 0.29) is 11.6 Å². The Kier molecular flexibility index (Phi) is 3.84. The fourth-order valence-electron chi connectivity index (χ4n) is 3.35. The molecule has 1 aromatic rings. The highest BCUT2D eigenvalue weighted by atomic mass is 32.2. The topological polar surface area (TPSA) is 58.2 Å². The van der Waals surface area contributed by atoms with E-state index in [1.165, 1.54) is 12.1 Å². The summed E-state index contributed by atoms with van der Waals surface area (Å²) in [7, 11) is -3.39. The van der Waals surface area contributed by atoms with Crippen molar-refractivity contribution < 1.29 is 21.6 Å². The predicted octanol–water partition coefficient (Wildman–Crippen LogP) is 2.94. The van der Waals surface area contributed by atoms with Crippen LogP contribution in [0, 0.1) is 5.92 Å². The van der Waals surface area contributed by atoms with E-state index in [0.29, 0.717) is 6.42 Å². The molecule has 1 aliphatic carbocycles. The normalized spacial score (nSPS) is 30.8. The molecular formula is C14H17F3N2O2S. The maximum atomic E-state index is 12.7. The Bertz CT molecular complexity index is 660. The van der Waals surface area contributed by atoms with Gasteiger partial charge in [0.2, 0.25) is 10.0 Å². The van der Waals surface area contributed by atoms with Gasteiger partial charge in [-0.1, -0.05) is 18.9 Å². The molecule has 2 fully saturated rings. The first kappa shape index (κ1) is 15.6. The minimum Gasteiger partial charge on any atom is -0.369 e. The Morgan fingerprint density at radius 1 is 1.18 bits per heavy atom. The Hall–Kier alpha value is -1.28. The average molecular weight is 334 g/mol. The van der Waals surface area contributed by atoms with Crippen LogP contribution in [0.4, 0.5) is 18.9 Å². The first-order valence-electron chi connectivity index (χ1n) is 7.22. The van der Waals surface area contributed by atoms with Gasteiger partial charge in [0.15, 0.2) is 0 Å². The zero-order chi connectivity index (χ0) is 16.0. The number of fused-ring (bicyclic) bond motifs is 1. The fourth-order valence-corrected chi connectivity index (χ4v) is 5.34. The molecule has 2 N–H and O–H groups in total. The Morgan fingerprint density at radius 2 is 1.91 bits per heavy atom. The van der Waals surface area contributed by atoms with E-state index in [4.69, 9.17) is 0 Å². The molecule has 0 bridgehead atoms. The van der Waals surface area contributed by atoms with Gasteiger partial charge in [-0.2, -0.15) is 17.9 Å². The number of halogens is 3. The second-order valence-corrected chi connectivity index (χ2v) is 7.78. The molecule has 22 heavy (non-hydrogen) atoms. The van der Waals surface area contributed by atoms with Crippen LogP contribution in [0.15, 0.2) is 24.3 Å². The molecule has 1 saturated carbocycles. The van der Waals surface area contributed by atoms with E-state index in [1.807, 2.05) is 0 Å². The van der Waals surface area contributed by atoms with Crippen LogP contribution >= 0.6 is 0 Å². The standard InChI is InChI=1S/C14H17F3N2O2S/c15-14(16,17)9-4-3-5-10(8-9)18-13-11-6-1-2-7-12(11)22(20,21)19-13/h3-5,8,11-13,18-19H,1-2,6-7H2. The second-order valence-electron chi connectivity index (χ2n) is 5.85. The van der Waals surface area contributed by atoms with E-state index in [2.05, 4.69) is 10.0 Å². The highest BCUT2D eigenvalue weighted by Crippen LogP contribution is 2.37. The summed E-state index contributed by atoms with van der Waals surface area (Å²) in [6.45, 7) is 0. The summed E-state index contributed by atoms with van der Waals surface area (Å²) in [4.78, 5) is 0. The van der Waals surface area contributed by atoms with Gasteiger partial charge in [-0.25, -0.2) is 8.42 Å². The predicted molar refractivity (Wildman–Crippen MR) is 76.7 cm³/mol. The third-order valence-electron chi connectivity index (χ3n) is 4.38. The van der Waals surface area contributed by atoms with E-state index in [0.717, 1.165) is 31.4 Å². The molecule has 0 spiro atoms. The number of hydrogen-bond donors (Lipinski definition) is 2. The molecule has 8 heteroatoms. The number of sulfonamides is 1. The van der Waals surface area contributed by atoms with Crippen molar-refractivity contribution in [2.75, 3.05) is 5.32 Å². The van der Waals surface area contributed by atoms with Gasteiger partial charge in [-0.15, -0.1) is 0 Å². The van der Waals surface area contributed by atoms with Crippen molar-refractivity contribution in [2.24, 2.45) is 5.92 Å². The van der Waals surface area contributed by atoms with Gasteiger partial charge in [-0.3, -0.25) is 0 Å². The average Bonchev–Trinajstić information content (AvgIpc) is 2.70. The third-order valence-corrected chi connectivity index (χ3v) is 6.35. The molecule has 1 saturated heterocycles. The maximum Gasteiger partial charge on any atom is 0.416 e. The molecule has 2 aliphatic rings. The van der Waals surface area contributed by atoms with Gasteiger partial charge >= 0.3 is 6.18 Å². The third kappa shape index (κ3) is 2.94. The van der Waals surface area contributed by atoms with Crippen LogP contribution in [0.25, 0.3) is 0 Å². The van der Waals surface area contributed by atoms with Crippen LogP contribution in [0.5, 0.6) is 0 Å². The lowest BCUT2D eigenvalue weighted by Gasteiger charge is -2.27. The van der Waals surface area contributed by atoms with E-state index < -0.39 is 33.2 Å². The van der Waals surface area contributed by atoms with Crippen LogP contribution in [-0.2, 0) is 16.2 Å². The monoisotopic (exact) mass is 334 g/mol. The number of alkyl halides is 3. The van der Waals surface area contributed by atoms with Crippen LogP contribution in [-0.4, -0.2) is 19.8 Å². The highest BCUT2D eigenvalue weighted by Gasteiger charge is 2.47. The maximum absolute atomic E-state index is 12.7. The summed E-state index contributed by atoms with van der Waals surface area (Å²) in [6, 6.07) is 4.82. The lowest BCUT2D eigenvalue weighted by molar-refractivity contribution is -0.137. The van der Waals surface area contributed by atoms with E-state index in [9.17, 15) is 21.6 Å². The summed E-state index contributed by atoms with van der Waals surface area (Å²) in [6.07, 6.45) is -1.77. The summed E-state index contributed by atoms with van der Waals surface area (Å²) < 4.78 is 64.9. The van der Waals surface area contributed by atoms with Gasteiger partial charge in [0.05, 0.1) is 17.0 Å². The van der Waals surface area contributed by atoms with E-state index in [1.54, 1.807) is 0 Å². The fraction of sp³-hybridized carbons (Fsp3) is 0.571. The Labute approximate surface area is 127 Å². The summed E-state index contributed by atoms with van der Waals surface area (Å²) >= 11 is 0. The van der Waals surface area contributed by atoms with Crippen molar-refractivity contribution in [3.63, 3.8) is 0 Å². The Balaban J connectivity index is 1.81. The molecule has 1 aliphatic heterocycles. The first-order valence-corrected chi connectivity index (χ1v) is 8.77. The van der Waals surface area contributed by atoms with Gasteiger partial charge < -0.3 is 5.32 Å². The minimum atomic E-state index is -4.42. The van der Waals surface area contributed by atoms with Crippen LogP contribution < -0.4 is 10.0 Å². The summed E-state index contributed by atoms with van der Waals surface area (Å²) in [5.74, 6) is -0.103. The van der Waals surface area contributed by atoms with Gasteiger partial charge in [0, 0.05) is 11.6 Å². The first-order chi connectivity index (χ1) is 10.3. The van der Waals surface area contributed by atoms with E-state index >= 15 is 0 Å². The largest absolute Gasteiger partial charge is 0.416 e. The van der Waals surface area contributed by atoms with Crippen LogP contribution in [0.3, 0.4) is 0 Å². The summed E-state index contributed by atoms with van der Waals surface area (Å²) in [5, 5.41) is 2.48. The zero-order valence-corrected chi connectivity index (χ0v) is 12.5. The molecule has 3 rings (SSSR count). The Morgan fingerprint density at radius 3 is 2.64 bits per heavy atom. The number of rotatable bonds is 2. The van der Waals surface area contributed by atoms with Crippen molar-refractivity contribution >= 4 is 15.7 Å². The molecule has 3 atom stereocenters. The van der Waals surface area contributed by atoms with Crippen molar-refractivity contribution in [3.8, 4) is 0 Å². The molecule has 1 heterocycles. The number of hydrogen-bond acceptors (Lipinski definition) is 3. The molecular weight excluding hydrogens is 317 g/mol. The van der Waals surface area contributed by atoms with Crippen LogP contribution in [0.1, 0.15) is 31.2 Å². The van der Waals surface area contributed by atoms with Crippen molar-refractivity contribution in [1.82, 2.24) is 4.72 Å². The van der Waals surface area contributed by atoms with Crippen LogP contribution in [0.2, 0.25) is 0 Å². The quantitative estimate of drug-likeness (QED) is 0.874. The minimum absolute atomic E-state index is 0.103. The lowest BCUT2D eigenvalue weighted by atomic mass is 9.86. The molecule has 0 amide bonds. The summed E-state index contributed by atoms with van der Waals surface area (Å²) in [5.41, 5.74) is -0.479. The smallest absolute Gasteiger partial charge is 0.369 e. The number of benzene rings is 1. The molecule has 0 radical (unpaired) electrons. The van der Waals surface area contributed by atoms with Crippen molar-refractivity contribution in [3.05, 3.63) is 29.8 Å². The number of anilines is 1. The van der Waals surface area contributed by atoms with Gasteiger partial charge in [0.1, 0.15) is 0 Å². The molecule has 4 nitrogen and oxygen atoms in total. The highest BCUT2D eigenvalue weighted by molar-refractivity contribution is 7.90. The molecule has 122 valence electrons. The lowest BCUT2D eigenvalue weighted by Crippen LogP contribution is -2.37. The van der Waals surface area contributed by atoms with Gasteiger partial charge in [0.25, 0.3) is 0 Å². The SMILES string of the molecule is O=S1(=O)NC(Nc2cccc(C(F)(F)F)c2)C2CCCCC21. The van der Waals surface area contributed by atoms with Crippen molar-refractivity contribution in [2.45, 2.75) is 43.3 Å². The number of nitrogens with one attached hydrogen (secondary N) is 2.